The van der Waals surface area contributed by atoms with Crippen molar-refractivity contribution in [2.75, 3.05) is 0 Å². The molecule has 0 atom stereocenters. The second-order valence-electron chi connectivity index (χ2n) is 4.94. The van der Waals surface area contributed by atoms with Gasteiger partial charge in [0, 0.05) is 0 Å². The molecule has 1 aliphatic rings. The topological polar surface area (TPSA) is 63.6 Å². The van der Waals surface area contributed by atoms with Crippen LogP contribution in [0.15, 0.2) is 54.8 Å². The smallest absolute Gasteiger partial charge is 0.282 e. The molecule has 0 unspecified atom stereocenters. The second kappa shape index (κ2) is 5.99. The predicted molar refractivity (Wildman–Crippen MR) is 87.9 cm³/mol. The summed E-state index contributed by atoms with van der Waals surface area (Å²) in [5.74, 6) is -0.523. The average Bonchev–Trinajstić information content (AvgIpc) is 2.48. The van der Waals surface area contributed by atoms with Gasteiger partial charge in [-0.25, -0.2) is 0 Å². The van der Waals surface area contributed by atoms with Gasteiger partial charge in [0.1, 0.15) is 0 Å². The zero-order valence-electron chi connectivity index (χ0n) is 12.1. The SMILES string of the molecule is CC1=C(Cl)C(=O)C(Cl)=C(C)C1=NS(=O)(=O)c1ccc(C)cc1. The Morgan fingerprint density at radius 2 is 1.36 bits per heavy atom. The van der Waals surface area contributed by atoms with Crippen LogP contribution in [-0.4, -0.2) is 19.9 Å². The predicted octanol–water partition coefficient (Wildman–Crippen LogP) is 3.73. The number of rotatable bonds is 2. The molecule has 0 aromatic heterocycles. The number of hydrogen-bond acceptors (Lipinski definition) is 3. The number of hydrogen-bond donors (Lipinski definition) is 0. The lowest BCUT2D eigenvalue weighted by molar-refractivity contribution is -0.111. The lowest BCUT2D eigenvalue weighted by Gasteiger charge is -2.16. The van der Waals surface area contributed by atoms with Crippen molar-refractivity contribution in [1.82, 2.24) is 0 Å². The number of allylic oxidation sites excluding steroid dienone is 4. The molecule has 0 heterocycles. The van der Waals surface area contributed by atoms with Gasteiger partial charge in [0.25, 0.3) is 10.0 Å². The van der Waals surface area contributed by atoms with E-state index in [2.05, 4.69) is 4.40 Å². The van der Waals surface area contributed by atoms with E-state index in [4.69, 9.17) is 23.2 Å². The van der Waals surface area contributed by atoms with Crippen LogP contribution in [-0.2, 0) is 14.8 Å². The van der Waals surface area contributed by atoms with E-state index in [0.717, 1.165) is 5.56 Å². The quantitative estimate of drug-likeness (QED) is 0.757. The highest BCUT2D eigenvalue weighted by atomic mass is 35.5. The minimum absolute atomic E-state index is 0.0651. The average molecular weight is 358 g/mol. The van der Waals surface area contributed by atoms with E-state index in [9.17, 15) is 13.2 Å². The Bertz CT molecular complexity index is 817. The second-order valence-corrected chi connectivity index (χ2v) is 7.30. The van der Waals surface area contributed by atoms with Gasteiger partial charge in [-0.3, -0.25) is 4.79 Å². The zero-order valence-corrected chi connectivity index (χ0v) is 14.5. The Morgan fingerprint density at radius 1 is 0.909 bits per heavy atom. The molecule has 0 bridgehead atoms. The summed E-state index contributed by atoms with van der Waals surface area (Å²) in [6.45, 7) is 4.93. The van der Waals surface area contributed by atoms with Crippen LogP contribution in [0.2, 0.25) is 0 Å². The molecule has 0 amide bonds. The Labute approximate surface area is 139 Å². The maximum Gasteiger partial charge on any atom is 0.282 e. The molecule has 0 spiro atoms. The number of halogens is 2. The van der Waals surface area contributed by atoms with Crippen molar-refractivity contribution in [1.29, 1.82) is 0 Å². The zero-order chi connectivity index (χ0) is 16.7. The molecule has 0 fully saturated rings. The van der Waals surface area contributed by atoms with E-state index in [1.54, 1.807) is 12.1 Å². The first-order chi connectivity index (χ1) is 10.1. The van der Waals surface area contributed by atoms with E-state index in [0.29, 0.717) is 11.1 Å². The van der Waals surface area contributed by atoms with E-state index < -0.39 is 15.8 Å². The summed E-state index contributed by atoms with van der Waals surface area (Å²) in [6, 6.07) is 6.32. The molecule has 0 saturated carbocycles. The molecular weight excluding hydrogens is 345 g/mol. The summed E-state index contributed by atoms with van der Waals surface area (Å²) in [5.41, 5.74) is 1.64. The van der Waals surface area contributed by atoms with Crippen LogP contribution in [0.5, 0.6) is 0 Å². The summed E-state index contributed by atoms with van der Waals surface area (Å²) < 4.78 is 28.6. The fourth-order valence-electron chi connectivity index (χ4n) is 1.95. The van der Waals surface area contributed by atoms with E-state index in [1.165, 1.54) is 26.0 Å². The molecule has 2 rings (SSSR count). The first-order valence-electron chi connectivity index (χ1n) is 6.35. The molecule has 0 radical (unpaired) electrons. The lowest BCUT2D eigenvalue weighted by Crippen LogP contribution is -2.19. The molecule has 0 N–H and O–H groups in total. The first kappa shape index (κ1) is 16.9. The molecule has 0 saturated heterocycles. The third-order valence-electron chi connectivity index (χ3n) is 3.30. The number of benzene rings is 1. The monoisotopic (exact) mass is 357 g/mol. The van der Waals surface area contributed by atoms with E-state index in [-0.39, 0.29) is 20.7 Å². The van der Waals surface area contributed by atoms with Crippen molar-refractivity contribution in [3.8, 4) is 0 Å². The summed E-state index contributed by atoms with van der Waals surface area (Å²) in [4.78, 5) is 11.8. The van der Waals surface area contributed by atoms with Gasteiger partial charge in [-0.2, -0.15) is 12.8 Å². The Balaban J connectivity index is 2.61. The normalized spacial score (nSPS) is 16.4. The van der Waals surface area contributed by atoms with Gasteiger partial charge in [0.2, 0.25) is 5.78 Å². The van der Waals surface area contributed by atoms with Crippen LogP contribution in [0.25, 0.3) is 0 Å². The van der Waals surface area contributed by atoms with Crippen LogP contribution in [0.1, 0.15) is 19.4 Å². The van der Waals surface area contributed by atoms with Crippen molar-refractivity contribution in [3.63, 3.8) is 0 Å². The van der Waals surface area contributed by atoms with Crippen LogP contribution >= 0.6 is 23.2 Å². The van der Waals surface area contributed by atoms with E-state index >= 15 is 0 Å². The minimum atomic E-state index is -3.92. The molecule has 1 aromatic carbocycles. The molecule has 4 nitrogen and oxygen atoms in total. The van der Waals surface area contributed by atoms with Crippen LogP contribution < -0.4 is 0 Å². The fraction of sp³-hybridized carbons (Fsp3) is 0.200. The number of ketones is 1. The van der Waals surface area contributed by atoms with Crippen molar-refractivity contribution in [3.05, 3.63) is 51.0 Å². The van der Waals surface area contributed by atoms with Crippen molar-refractivity contribution >= 4 is 44.7 Å². The van der Waals surface area contributed by atoms with Crippen LogP contribution in [0.3, 0.4) is 0 Å². The highest BCUT2D eigenvalue weighted by Gasteiger charge is 2.28. The standard InChI is InChI=1S/C15H13Cl2NO3S/c1-8-4-6-11(7-5-8)22(20,21)18-14-9(2)12(16)15(19)13(17)10(14)3/h4-7H,1-3H3. The minimum Gasteiger partial charge on any atom is -0.287 e. The van der Waals surface area contributed by atoms with Crippen LogP contribution in [0, 0.1) is 6.92 Å². The maximum atomic E-state index is 12.4. The lowest BCUT2D eigenvalue weighted by atomic mass is 9.97. The molecule has 22 heavy (non-hydrogen) atoms. The molecule has 7 heteroatoms. The largest absolute Gasteiger partial charge is 0.287 e. The number of carbonyl (C=O) groups is 1. The first-order valence-corrected chi connectivity index (χ1v) is 8.54. The highest BCUT2D eigenvalue weighted by molar-refractivity contribution is 7.90. The molecule has 0 aliphatic heterocycles. The number of aryl methyl sites for hydroxylation is 1. The third kappa shape index (κ3) is 3.02. The van der Waals surface area contributed by atoms with Crippen LogP contribution in [0.4, 0.5) is 0 Å². The number of carbonyl (C=O) groups excluding carboxylic acids is 1. The van der Waals surface area contributed by atoms with Gasteiger partial charge < -0.3 is 0 Å². The maximum absolute atomic E-state index is 12.4. The Kier molecular flexibility index (Phi) is 4.61. The molecular formula is C15H13Cl2NO3S. The molecule has 1 aliphatic carbocycles. The van der Waals surface area contributed by atoms with Gasteiger partial charge in [0.15, 0.2) is 0 Å². The Hall–Kier alpha value is -1.43. The number of sulfonamides is 1. The fourth-order valence-corrected chi connectivity index (χ4v) is 3.46. The summed E-state index contributed by atoms with van der Waals surface area (Å²) in [5, 5.41) is -0.234. The number of Topliss-reactive ketones (excluding diaryl/α,β-unsaturated/α-hetero) is 1. The van der Waals surface area contributed by atoms with Gasteiger partial charge >= 0.3 is 0 Å². The molecule has 116 valence electrons. The number of nitrogens with zero attached hydrogens (tertiary/aromatic N) is 1. The van der Waals surface area contributed by atoms with Gasteiger partial charge in [-0.1, -0.05) is 40.9 Å². The summed E-state index contributed by atoms with van der Waals surface area (Å²) in [7, 11) is -3.92. The summed E-state index contributed by atoms with van der Waals surface area (Å²) >= 11 is 11.8. The summed E-state index contributed by atoms with van der Waals surface area (Å²) in [6.07, 6.45) is 0. The third-order valence-corrected chi connectivity index (χ3v) is 5.50. The van der Waals surface area contributed by atoms with Crippen molar-refractivity contribution in [2.24, 2.45) is 4.40 Å². The van der Waals surface area contributed by atoms with Gasteiger partial charge in [-0.15, -0.1) is 0 Å². The highest BCUT2D eigenvalue weighted by Crippen LogP contribution is 2.30. The Morgan fingerprint density at radius 3 is 1.82 bits per heavy atom. The van der Waals surface area contributed by atoms with Crippen molar-refractivity contribution in [2.45, 2.75) is 25.7 Å². The molecule has 1 aromatic rings. The van der Waals surface area contributed by atoms with Gasteiger partial charge in [-0.05, 0) is 44.1 Å². The van der Waals surface area contributed by atoms with E-state index in [1.807, 2.05) is 6.92 Å². The van der Waals surface area contributed by atoms with Crippen molar-refractivity contribution < 1.29 is 13.2 Å². The van der Waals surface area contributed by atoms with Gasteiger partial charge in [0.05, 0.1) is 20.7 Å².